The normalized spacial score (nSPS) is 14.3. The Bertz CT molecular complexity index is 2500. The number of aryl methyl sites for hydroxylation is 6. The number of halogens is 2. The van der Waals surface area contributed by atoms with Gasteiger partial charge < -0.3 is 28.3 Å². The molecule has 12 heteroatoms. The number of ether oxygens (including phenoxy) is 2. The lowest BCUT2D eigenvalue weighted by Gasteiger charge is -2.35. The Hall–Kier alpha value is -5.06. The molecule has 0 saturated carbocycles. The van der Waals surface area contributed by atoms with E-state index in [1.54, 1.807) is 22.6 Å². The van der Waals surface area contributed by atoms with E-state index >= 15 is 4.79 Å². The van der Waals surface area contributed by atoms with Crippen LogP contribution in [-0.2, 0) is 36.5 Å². The number of amides is 1. The molecule has 1 amide bonds. The van der Waals surface area contributed by atoms with E-state index in [9.17, 15) is 9.59 Å². The van der Waals surface area contributed by atoms with Gasteiger partial charge in [-0.05, 0) is 106 Å². The van der Waals surface area contributed by atoms with Gasteiger partial charge in [0.1, 0.15) is 23.4 Å². The molecule has 0 bridgehead atoms. The van der Waals surface area contributed by atoms with Gasteiger partial charge in [0.05, 0.1) is 41.2 Å². The van der Waals surface area contributed by atoms with Gasteiger partial charge in [0.2, 0.25) is 0 Å². The molecule has 0 unspecified atom stereocenters. The van der Waals surface area contributed by atoms with Crippen molar-refractivity contribution in [2.45, 2.75) is 59.9 Å². The number of hydrogen-bond donors (Lipinski definition) is 0. The molecule has 54 heavy (non-hydrogen) atoms. The standard InChI is InChI=1S/C42H43Cl2N5O5/c1-22-16-29(17-23(2)37(22)44)54-15-9-10-30-31-11-12-32(43)36(35-25(4)45-47(7)26(35)5)39(31)49-24(3)21-48(41(51)40(30)49)33-19-27(13-14-50)18-28-20-34(42(52)53-8)46(6)38(28)33/h11-12,14,16-20,24H,9-10,13,15,21H2,1-8H3/t24-/m1/s1. The van der Waals surface area contributed by atoms with Gasteiger partial charge >= 0.3 is 5.97 Å². The Labute approximate surface area is 324 Å². The van der Waals surface area contributed by atoms with Crippen molar-refractivity contribution in [2.75, 3.05) is 25.2 Å². The number of carbonyl (C=O) groups excluding carboxylic acids is 3. The van der Waals surface area contributed by atoms with Crippen molar-refractivity contribution in [1.82, 2.24) is 18.9 Å². The van der Waals surface area contributed by atoms with Crippen LogP contribution in [0.4, 0.5) is 5.69 Å². The molecule has 0 aliphatic carbocycles. The van der Waals surface area contributed by atoms with Crippen LogP contribution < -0.4 is 9.64 Å². The second-order valence-electron chi connectivity index (χ2n) is 14.3. The molecule has 10 nitrogen and oxygen atoms in total. The number of rotatable bonds is 10. The number of aldehydes is 1. The maximum Gasteiger partial charge on any atom is 0.354 e. The van der Waals surface area contributed by atoms with Gasteiger partial charge in [0, 0.05) is 65.7 Å². The molecule has 0 radical (unpaired) electrons. The molecule has 3 aromatic heterocycles. The summed E-state index contributed by atoms with van der Waals surface area (Å²) in [5.74, 6) is 0.0730. The van der Waals surface area contributed by atoms with Crippen LogP contribution in [0.5, 0.6) is 5.75 Å². The van der Waals surface area contributed by atoms with E-state index in [1.807, 2.05) is 75.8 Å². The van der Waals surface area contributed by atoms with Crippen molar-refractivity contribution < 1.29 is 23.9 Å². The molecule has 0 fully saturated rings. The van der Waals surface area contributed by atoms with Crippen LogP contribution in [0.15, 0.2) is 42.5 Å². The second-order valence-corrected chi connectivity index (χ2v) is 15.1. The first-order chi connectivity index (χ1) is 25.8. The van der Waals surface area contributed by atoms with Gasteiger partial charge in [0.25, 0.3) is 5.91 Å². The molecule has 6 aromatic rings. The lowest BCUT2D eigenvalue weighted by atomic mass is 9.98. The smallest absolute Gasteiger partial charge is 0.354 e. The Morgan fingerprint density at radius 1 is 1.00 bits per heavy atom. The molecule has 0 spiro atoms. The number of fused-ring (bicyclic) bond motifs is 4. The van der Waals surface area contributed by atoms with Crippen LogP contribution in [0.25, 0.3) is 32.9 Å². The predicted octanol–water partition coefficient (Wildman–Crippen LogP) is 8.83. The molecule has 3 aromatic carbocycles. The van der Waals surface area contributed by atoms with Crippen LogP contribution in [0.2, 0.25) is 10.0 Å². The third-order valence-corrected chi connectivity index (χ3v) is 11.6. The number of methoxy groups -OCH3 is 1. The van der Waals surface area contributed by atoms with Crippen molar-refractivity contribution in [3.8, 4) is 16.9 Å². The highest BCUT2D eigenvalue weighted by atomic mass is 35.5. The summed E-state index contributed by atoms with van der Waals surface area (Å²) in [6, 6.07) is 13.1. The molecule has 7 rings (SSSR count). The molecule has 1 aliphatic heterocycles. The summed E-state index contributed by atoms with van der Waals surface area (Å²) in [4.78, 5) is 41.6. The van der Waals surface area contributed by atoms with Crippen LogP contribution in [0, 0.1) is 27.7 Å². The van der Waals surface area contributed by atoms with Gasteiger partial charge in [-0.2, -0.15) is 5.10 Å². The van der Waals surface area contributed by atoms with E-state index in [-0.39, 0.29) is 18.4 Å². The monoisotopic (exact) mass is 767 g/mol. The fourth-order valence-electron chi connectivity index (χ4n) is 8.20. The third-order valence-electron chi connectivity index (χ3n) is 10.7. The lowest BCUT2D eigenvalue weighted by molar-refractivity contribution is -0.107. The minimum atomic E-state index is -0.492. The summed E-state index contributed by atoms with van der Waals surface area (Å²) in [5.41, 5.74) is 10.3. The fourth-order valence-corrected chi connectivity index (χ4v) is 8.56. The van der Waals surface area contributed by atoms with E-state index < -0.39 is 5.97 Å². The molecular formula is C42H43Cl2N5O5. The minimum absolute atomic E-state index is 0.160. The van der Waals surface area contributed by atoms with Crippen molar-refractivity contribution in [1.29, 1.82) is 0 Å². The predicted molar refractivity (Wildman–Crippen MR) is 214 cm³/mol. The minimum Gasteiger partial charge on any atom is -0.494 e. The highest BCUT2D eigenvalue weighted by Gasteiger charge is 2.38. The van der Waals surface area contributed by atoms with Gasteiger partial charge in [0.15, 0.2) is 0 Å². The highest BCUT2D eigenvalue weighted by Crippen LogP contribution is 2.46. The number of hydrogen-bond acceptors (Lipinski definition) is 6. The van der Waals surface area contributed by atoms with Crippen LogP contribution in [0.1, 0.15) is 74.0 Å². The maximum absolute atomic E-state index is 15.2. The Kier molecular flexibility index (Phi) is 9.87. The Morgan fingerprint density at radius 2 is 1.72 bits per heavy atom. The lowest BCUT2D eigenvalue weighted by Crippen LogP contribution is -2.43. The summed E-state index contributed by atoms with van der Waals surface area (Å²) < 4.78 is 17.1. The van der Waals surface area contributed by atoms with Crippen LogP contribution in [-0.4, -0.2) is 57.3 Å². The number of anilines is 1. The zero-order valence-corrected chi connectivity index (χ0v) is 33.3. The van der Waals surface area contributed by atoms with E-state index in [2.05, 4.69) is 11.5 Å². The summed E-state index contributed by atoms with van der Waals surface area (Å²) >= 11 is 13.5. The zero-order chi connectivity index (χ0) is 38.7. The van der Waals surface area contributed by atoms with Crippen LogP contribution in [0.3, 0.4) is 0 Å². The summed E-state index contributed by atoms with van der Waals surface area (Å²) in [5, 5.41) is 7.70. The fraction of sp³-hybridized carbons (Fsp3) is 0.333. The van der Waals surface area contributed by atoms with Gasteiger partial charge in [-0.1, -0.05) is 29.3 Å². The van der Waals surface area contributed by atoms with Crippen LogP contribution >= 0.6 is 23.2 Å². The summed E-state index contributed by atoms with van der Waals surface area (Å²) in [7, 11) is 5.04. The number of benzene rings is 3. The number of carbonyl (C=O) groups is 3. The van der Waals surface area contributed by atoms with E-state index in [1.165, 1.54) is 7.11 Å². The maximum atomic E-state index is 15.2. The molecule has 4 heterocycles. The third kappa shape index (κ3) is 6.05. The van der Waals surface area contributed by atoms with Crippen molar-refractivity contribution >= 4 is 68.9 Å². The average Bonchev–Trinajstić information content (AvgIpc) is 3.74. The first-order valence-electron chi connectivity index (χ1n) is 18.0. The zero-order valence-electron chi connectivity index (χ0n) is 31.8. The van der Waals surface area contributed by atoms with Gasteiger partial charge in [-0.25, -0.2) is 4.79 Å². The number of nitrogens with zero attached hydrogens (tertiary/aromatic N) is 5. The van der Waals surface area contributed by atoms with E-state index in [4.69, 9.17) is 37.8 Å². The molecule has 1 atom stereocenters. The van der Waals surface area contributed by atoms with Crippen molar-refractivity contribution in [2.24, 2.45) is 14.1 Å². The molecule has 280 valence electrons. The van der Waals surface area contributed by atoms with E-state index in [0.717, 1.165) is 78.1 Å². The largest absolute Gasteiger partial charge is 0.494 e. The van der Waals surface area contributed by atoms with Gasteiger partial charge in [-0.15, -0.1) is 0 Å². The van der Waals surface area contributed by atoms with Gasteiger partial charge in [-0.3, -0.25) is 9.48 Å². The average molecular weight is 769 g/mol. The van der Waals surface area contributed by atoms with Crippen molar-refractivity contribution in [3.05, 3.63) is 97.5 Å². The summed E-state index contributed by atoms with van der Waals surface area (Å²) in [6.07, 6.45) is 2.19. The topological polar surface area (TPSA) is 101 Å². The first kappa shape index (κ1) is 37.3. The first-order valence-corrected chi connectivity index (χ1v) is 18.7. The molecule has 1 aliphatic rings. The second kappa shape index (κ2) is 14.3. The number of aromatic nitrogens is 4. The SMILES string of the molecule is COC(=O)c1cc2cc(CC=O)cc(N3C[C@@H](C)n4c(c(CCCOc5cc(C)c(Cl)c(C)c5)c5ccc(Cl)c(-c6c(C)nn(C)c6C)c54)C3=O)c2n1C. The molecule has 0 saturated heterocycles. The molecule has 0 N–H and O–H groups in total. The Balaban J connectivity index is 1.41. The Morgan fingerprint density at radius 3 is 2.37 bits per heavy atom. The molecular weight excluding hydrogens is 725 g/mol. The number of esters is 1. The summed E-state index contributed by atoms with van der Waals surface area (Å²) in [6.45, 7) is 10.8. The van der Waals surface area contributed by atoms with Crippen molar-refractivity contribution in [3.63, 3.8) is 0 Å². The van der Waals surface area contributed by atoms with E-state index in [0.29, 0.717) is 53.6 Å². The highest BCUT2D eigenvalue weighted by molar-refractivity contribution is 6.35. The quantitative estimate of drug-likeness (QED) is 0.0785.